The van der Waals surface area contributed by atoms with E-state index in [1.807, 2.05) is 11.8 Å². The Labute approximate surface area is 127 Å². The summed E-state index contributed by atoms with van der Waals surface area (Å²) in [6.07, 6.45) is 4.62. The van der Waals surface area contributed by atoms with Crippen molar-refractivity contribution in [3.8, 4) is 0 Å². The Morgan fingerprint density at radius 1 is 1.65 bits per heavy atom. The van der Waals surface area contributed by atoms with E-state index in [0.717, 1.165) is 31.6 Å². The number of nitrogens with zero attached hydrogens (tertiary/aromatic N) is 2. The van der Waals surface area contributed by atoms with Gasteiger partial charge in [0, 0.05) is 25.4 Å². The average molecular weight is 316 g/mol. The van der Waals surface area contributed by atoms with Gasteiger partial charge in [0.05, 0.1) is 17.5 Å². The van der Waals surface area contributed by atoms with Crippen molar-refractivity contribution in [2.45, 2.75) is 30.9 Å². The van der Waals surface area contributed by atoms with Crippen LogP contribution in [0.5, 0.6) is 0 Å². The third-order valence-electron chi connectivity index (χ3n) is 4.00. The Bertz CT molecular complexity index is 557. The van der Waals surface area contributed by atoms with Crippen molar-refractivity contribution in [2.24, 2.45) is 7.05 Å². The molecular weight excluding hydrogens is 298 g/mol. The largest absolute Gasteiger partial charge is 0.379 e. The van der Waals surface area contributed by atoms with Crippen LogP contribution < -0.4 is 10.9 Å². The molecule has 0 radical (unpaired) electrons. The molecule has 1 aromatic rings. The minimum absolute atomic E-state index is 0.0141. The summed E-state index contributed by atoms with van der Waals surface area (Å²) in [5.41, 5.74) is 0.373. The first kappa shape index (κ1) is 14.2. The molecule has 0 aromatic carbocycles. The van der Waals surface area contributed by atoms with Crippen LogP contribution >= 0.6 is 23.4 Å². The number of aryl methyl sites for hydroxylation is 1. The second-order valence-corrected chi connectivity index (χ2v) is 6.95. The quantitative estimate of drug-likeness (QED) is 0.903. The van der Waals surface area contributed by atoms with Gasteiger partial charge in [0.15, 0.2) is 0 Å². The number of rotatable bonds is 2. The zero-order chi connectivity index (χ0) is 14.2. The fourth-order valence-corrected chi connectivity index (χ4v) is 4.45. The minimum atomic E-state index is -0.269. The van der Waals surface area contributed by atoms with E-state index in [0.29, 0.717) is 5.69 Å². The fourth-order valence-electron chi connectivity index (χ4n) is 2.85. The van der Waals surface area contributed by atoms with Crippen LogP contribution in [0.3, 0.4) is 0 Å². The number of halogens is 1. The number of hydrogen-bond acceptors (Lipinski definition) is 5. The molecule has 0 saturated carbocycles. The van der Waals surface area contributed by atoms with E-state index in [-0.39, 0.29) is 22.2 Å². The third-order valence-corrected chi connectivity index (χ3v) is 5.59. The molecular formula is C13H18ClN3O2S. The average Bonchev–Trinajstić information content (AvgIpc) is 2.88. The maximum atomic E-state index is 11.8. The lowest BCUT2D eigenvalue weighted by atomic mass is 9.90. The summed E-state index contributed by atoms with van der Waals surface area (Å²) in [6.45, 7) is 0.758. The molecule has 2 atom stereocenters. The predicted molar refractivity (Wildman–Crippen MR) is 81.8 cm³/mol. The van der Waals surface area contributed by atoms with Crippen molar-refractivity contribution in [2.75, 3.05) is 23.4 Å². The lowest BCUT2D eigenvalue weighted by Gasteiger charge is -2.38. The molecule has 1 aromatic heterocycles. The first-order valence-corrected chi connectivity index (χ1v) is 8.33. The lowest BCUT2D eigenvalue weighted by molar-refractivity contribution is -0.0628. The molecule has 2 unspecified atom stereocenters. The molecule has 5 nitrogen and oxygen atoms in total. The second kappa shape index (κ2) is 5.58. The summed E-state index contributed by atoms with van der Waals surface area (Å²) in [5.74, 6) is 2.23. The molecule has 1 spiro atoms. The van der Waals surface area contributed by atoms with Crippen LogP contribution in [-0.2, 0) is 11.8 Å². The number of hydrogen-bond donors (Lipinski definition) is 1. The van der Waals surface area contributed by atoms with Gasteiger partial charge in [-0.2, -0.15) is 16.9 Å². The van der Waals surface area contributed by atoms with E-state index in [1.165, 1.54) is 10.4 Å². The number of aromatic nitrogens is 2. The molecule has 0 aliphatic carbocycles. The van der Waals surface area contributed by atoms with Crippen LogP contribution in [0.25, 0.3) is 0 Å². The minimum Gasteiger partial charge on any atom is -0.379 e. The summed E-state index contributed by atoms with van der Waals surface area (Å²) >= 11 is 8.05. The molecule has 2 saturated heterocycles. The van der Waals surface area contributed by atoms with E-state index >= 15 is 0 Å². The van der Waals surface area contributed by atoms with Gasteiger partial charge in [-0.3, -0.25) is 4.79 Å². The van der Waals surface area contributed by atoms with Gasteiger partial charge in [0.25, 0.3) is 5.56 Å². The lowest BCUT2D eigenvalue weighted by Crippen LogP contribution is -2.44. The van der Waals surface area contributed by atoms with Gasteiger partial charge in [-0.25, -0.2) is 4.68 Å². The summed E-state index contributed by atoms with van der Waals surface area (Å²) in [5, 5.41) is 7.60. The normalized spacial score (nSPS) is 29.8. The maximum Gasteiger partial charge on any atom is 0.287 e. The molecule has 2 aliphatic rings. The Kier molecular flexibility index (Phi) is 3.97. The molecule has 2 fully saturated rings. The molecule has 0 bridgehead atoms. The molecule has 1 N–H and O–H groups in total. The first-order chi connectivity index (χ1) is 9.60. The fraction of sp³-hybridized carbons (Fsp3) is 0.692. The highest BCUT2D eigenvalue weighted by Gasteiger charge is 2.40. The van der Waals surface area contributed by atoms with Gasteiger partial charge in [-0.1, -0.05) is 11.6 Å². The third kappa shape index (κ3) is 2.69. The topological polar surface area (TPSA) is 56.1 Å². The Morgan fingerprint density at radius 2 is 2.50 bits per heavy atom. The highest BCUT2D eigenvalue weighted by molar-refractivity contribution is 7.99. The molecule has 3 rings (SSSR count). The van der Waals surface area contributed by atoms with Crippen LogP contribution in [0.4, 0.5) is 5.69 Å². The van der Waals surface area contributed by atoms with E-state index in [2.05, 4.69) is 10.4 Å². The van der Waals surface area contributed by atoms with Gasteiger partial charge in [0.1, 0.15) is 5.02 Å². The Morgan fingerprint density at radius 3 is 3.25 bits per heavy atom. The first-order valence-electron chi connectivity index (χ1n) is 6.80. The van der Waals surface area contributed by atoms with E-state index in [9.17, 15) is 4.79 Å². The predicted octanol–water partition coefficient (Wildman–Crippen LogP) is 1.90. The Hall–Kier alpha value is -0.720. The van der Waals surface area contributed by atoms with Gasteiger partial charge in [0.2, 0.25) is 0 Å². The zero-order valence-corrected chi connectivity index (χ0v) is 13.0. The summed E-state index contributed by atoms with van der Waals surface area (Å²) in [7, 11) is 1.59. The molecule has 0 amide bonds. The standard InChI is InChI=1S/C13H18ClN3O2S/c1-17-12(18)11(14)10(7-15-17)16-9-2-4-19-13(6-9)3-5-20-8-13/h7,9,16H,2-6,8H2,1H3. The van der Waals surface area contributed by atoms with Crippen LogP contribution in [0.1, 0.15) is 19.3 Å². The summed E-state index contributed by atoms with van der Waals surface area (Å²) in [6, 6.07) is 0.286. The maximum absolute atomic E-state index is 11.8. The van der Waals surface area contributed by atoms with Crippen LogP contribution in [0.2, 0.25) is 5.02 Å². The van der Waals surface area contributed by atoms with Gasteiger partial charge in [-0.05, 0) is 25.0 Å². The van der Waals surface area contributed by atoms with Crippen molar-refractivity contribution in [3.05, 3.63) is 21.6 Å². The van der Waals surface area contributed by atoms with E-state index < -0.39 is 0 Å². The van der Waals surface area contributed by atoms with Gasteiger partial charge >= 0.3 is 0 Å². The molecule has 20 heavy (non-hydrogen) atoms. The number of ether oxygens (including phenoxy) is 1. The van der Waals surface area contributed by atoms with Crippen LogP contribution in [0, 0.1) is 0 Å². The van der Waals surface area contributed by atoms with Crippen molar-refractivity contribution in [1.29, 1.82) is 0 Å². The molecule has 7 heteroatoms. The van der Waals surface area contributed by atoms with Crippen molar-refractivity contribution in [1.82, 2.24) is 9.78 Å². The highest BCUT2D eigenvalue weighted by atomic mass is 35.5. The summed E-state index contributed by atoms with van der Waals surface area (Å²) in [4.78, 5) is 11.8. The smallest absolute Gasteiger partial charge is 0.287 e. The van der Waals surface area contributed by atoms with Gasteiger partial charge in [-0.15, -0.1) is 0 Å². The van der Waals surface area contributed by atoms with E-state index in [1.54, 1.807) is 13.2 Å². The van der Waals surface area contributed by atoms with Crippen LogP contribution in [0.15, 0.2) is 11.0 Å². The second-order valence-electron chi connectivity index (χ2n) is 5.47. The highest BCUT2D eigenvalue weighted by Crippen LogP contribution is 2.39. The monoisotopic (exact) mass is 315 g/mol. The van der Waals surface area contributed by atoms with Crippen molar-refractivity contribution < 1.29 is 4.74 Å². The molecule has 3 heterocycles. The van der Waals surface area contributed by atoms with Crippen molar-refractivity contribution in [3.63, 3.8) is 0 Å². The zero-order valence-electron chi connectivity index (χ0n) is 11.4. The summed E-state index contributed by atoms with van der Waals surface area (Å²) < 4.78 is 7.23. The number of nitrogens with one attached hydrogen (secondary N) is 1. The van der Waals surface area contributed by atoms with Gasteiger partial charge < -0.3 is 10.1 Å². The molecule has 110 valence electrons. The van der Waals surface area contributed by atoms with Crippen LogP contribution in [-0.4, -0.2) is 39.5 Å². The molecule has 2 aliphatic heterocycles. The number of thioether (sulfide) groups is 1. The van der Waals surface area contributed by atoms with E-state index in [4.69, 9.17) is 16.3 Å². The SMILES string of the molecule is Cn1ncc(NC2CCOC3(CCSC3)C2)c(Cl)c1=O. The Balaban J connectivity index is 1.74. The van der Waals surface area contributed by atoms with Crippen molar-refractivity contribution >= 4 is 29.1 Å². The number of anilines is 1.